The van der Waals surface area contributed by atoms with E-state index in [9.17, 15) is 13.5 Å². The molecule has 0 spiro atoms. The molecule has 0 amide bonds. The number of hydrogen-bond donors (Lipinski definition) is 2. The summed E-state index contributed by atoms with van der Waals surface area (Å²) in [4.78, 5) is 0.0408. The SMILES string of the molecule is COc1c(S(=O)(=O)NCc2ccccc2)ccc2c(O)cccc12. The fourth-order valence-corrected chi connectivity index (χ4v) is 3.76. The van der Waals surface area contributed by atoms with E-state index in [1.165, 1.54) is 13.2 Å². The Bertz CT molecular complexity index is 969. The maximum Gasteiger partial charge on any atom is 0.244 e. The van der Waals surface area contributed by atoms with E-state index in [-0.39, 0.29) is 22.9 Å². The lowest BCUT2D eigenvalue weighted by molar-refractivity contribution is 0.407. The number of methoxy groups -OCH3 is 1. The van der Waals surface area contributed by atoms with Crippen LogP contribution in [0.3, 0.4) is 0 Å². The number of hydrogen-bond acceptors (Lipinski definition) is 4. The topological polar surface area (TPSA) is 75.6 Å². The number of aromatic hydroxyl groups is 1. The molecule has 0 saturated carbocycles. The van der Waals surface area contributed by atoms with Crippen molar-refractivity contribution in [2.45, 2.75) is 11.4 Å². The molecule has 5 nitrogen and oxygen atoms in total. The highest BCUT2D eigenvalue weighted by Crippen LogP contribution is 2.36. The zero-order chi connectivity index (χ0) is 17.2. The van der Waals surface area contributed by atoms with Crippen molar-refractivity contribution in [3.63, 3.8) is 0 Å². The van der Waals surface area contributed by atoms with Crippen molar-refractivity contribution in [2.24, 2.45) is 0 Å². The average Bonchev–Trinajstić information content (AvgIpc) is 2.60. The van der Waals surface area contributed by atoms with Gasteiger partial charge in [-0.2, -0.15) is 0 Å². The summed E-state index contributed by atoms with van der Waals surface area (Å²) in [5.41, 5.74) is 0.860. The van der Waals surface area contributed by atoms with Crippen LogP contribution < -0.4 is 9.46 Å². The van der Waals surface area contributed by atoms with Crippen molar-refractivity contribution in [3.8, 4) is 11.5 Å². The minimum Gasteiger partial charge on any atom is -0.507 e. The van der Waals surface area contributed by atoms with Gasteiger partial charge in [-0.15, -0.1) is 0 Å². The van der Waals surface area contributed by atoms with Gasteiger partial charge in [0.25, 0.3) is 0 Å². The molecule has 0 bridgehead atoms. The summed E-state index contributed by atoms with van der Waals surface area (Å²) in [7, 11) is -2.35. The molecule has 0 saturated heterocycles. The van der Waals surface area contributed by atoms with E-state index >= 15 is 0 Å². The van der Waals surface area contributed by atoms with E-state index in [1.807, 2.05) is 30.3 Å². The number of ether oxygens (including phenoxy) is 1. The highest BCUT2D eigenvalue weighted by Gasteiger charge is 2.21. The van der Waals surface area contributed by atoms with E-state index in [0.29, 0.717) is 10.8 Å². The fourth-order valence-electron chi connectivity index (χ4n) is 2.57. The van der Waals surface area contributed by atoms with E-state index in [2.05, 4.69) is 4.72 Å². The third-order valence-electron chi connectivity index (χ3n) is 3.76. The number of phenols is 1. The second kappa shape index (κ2) is 6.51. The van der Waals surface area contributed by atoms with Crippen molar-refractivity contribution in [1.82, 2.24) is 4.72 Å². The summed E-state index contributed by atoms with van der Waals surface area (Å²) in [6, 6.07) is 17.2. The van der Waals surface area contributed by atoms with Crippen LogP contribution in [-0.4, -0.2) is 20.6 Å². The standard InChI is InChI=1S/C18H17NO4S/c1-23-18-15-8-5-9-16(20)14(15)10-11-17(18)24(21,22)19-12-13-6-3-2-4-7-13/h2-11,19-20H,12H2,1H3. The van der Waals surface area contributed by atoms with Gasteiger partial charge in [0.1, 0.15) is 16.4 Å². The molecular formula is C18H17NO4S. The lowest BCUT2D eigenvalue weighted by Gasteiger charge is -2.13. The molecule has 3 rings (SSSR count). The van der Waals surface area contributed by atoms with Crippen LogP contribution in [0, 0.1) is 0 Å². The first kappa shape index (κ1) is 16.3. The first-order chi connectivity index (χ1) is 11.5. The number of fused-ring (bicyclic) bond motifs is 1. The van der Waals surface area contributed by atoms with Crippen LogP contribution in [0.25, 0.3) is 10.8 Å². The quantitative estimate of drug-likeness (QED) is 0.747. The van der Waals surface area contributed by atoms with Crippen molar-refractivity contribution < 1.29 is 18.3 Å². The van der Waals surface area contributed by atoms with Crippen LogP contribution in [0.15, 0.2) is 65.6 Å². The molecule has 0 aliphatic rings. The maximum atomic E-state index is 12.7. The molecule has 0 heterocycles. The minimum absolute atomic E-state index is 0.0408. The van der Waals surface area contributed by atoms with Crippen LogP contribution in [0.5, 0.6) is 11.5 Å². The number of benzene rings is 3. The number of phenolic OH excluding ortho intramolecular Hbond substituents is 1. The Morgan fingerprint density at radius 3 is 2.42 bits per heavy atom. The molecule has 6 heteroatoms. The monoisotopic (exact) mass is 343 g/mol. The molecule has 3 aromatic rings. The van der Waals surface area contributed by atoms with Gasteiger partial charge >= 0.3 is 0 Å². The molecule has 24 heavy (non-hydrogen) atoms. The molecule has 3 aromatic carbocycles. The molecule has 0 radical (unpaired) electrons. The normalized spacial score (nSPS) is 11.5. The van der Waals surface area contributed by atoms with Gasteiger partial charge in [0, 0.05) is 17.3 Å². The smallest absolute Gasteiger partial charge is 0.244 e. The lowest BCUT2D eigenvalue weighted by atomic mass is 10.1. The van der Waals surface area contributed by atoms with Crippen molar-refractivity contribution in [1.29, 1.82) is 0 Å². The van der Waals surface area contributed by atoms with Crippen LogP contribution in [-0.2, 0) is 16.6 Å². The van der Waals surface area contributed by atoms with Crippen molar-refractivity contribution in [3.05, 3.63) is 66.2 Å². The zero-order valence-electron chi connectivity index (χ0n) is 13.1. The predicted molar refractivity (Wildman–Crippen MR) is 92.6 cm³/mol. The van der Waals surface area contributed by atoms with Gasteiger partial charge in [-0.05, 0) is 23.8 Å². The van der Waals surface area contributed by atoms with Gasteiger partial charge in [0.2, 0.25) is 10.0 Å². The first-order valence-corrected chi connectivity index (χ1v) is 8.83. The second-order valence-electron chi connectivity index (χ2n) is 5.28. The minimum atomic E-state index is -3.76. The molecule has 2 N–H and O–H groups in total. The number of rotatable bonds is 5. The highest BCUT2D eigenvalue weighted by atomic mass is 32.2. The Kier molecular flexibility index (Phi) is 4.42. The molecule has 124 valence electrons. The fraction of sp³-hybridized carbons (Fsp3) is 0.111. The van der Waals surface area contributed by atoms with Gasteiger partial charge in [0.05, 0.1) is 7.11 Å². The zero-order valence-corrected chi connectivity index (χ0v) is 13.9. The molecule has 0 aromatic heterocycles. The lowest BCUT2D eigenvalue weighted by Crippen LogP contribution is -2.23. The summed E-state index contributed by atoms with van der Waals surface area (Å²) in [5, 5.41) is 11.0. The van der Waals surface area contributed by atoms with E-state index in [4.69, 9.17) is 4.74 Å². The highest BCUT2D eigenvalue weighted by molar-refractivity contribution is 7.89. The molecule has 0 atom stereocenters. The molecular weight excluding hydrogens is 326 g/mol. The number of sulfonamides is 1. The summed E-state index contributed by atoms with van der Waals surface area (Å²) in [5.74, 6) is 0.288. The Balaban J connectivity index is 2.01. The van der Waals surface area contributed by atoms with E-state index < -0.39 is 10.0 Å². The average molecular weight is 343 g/mol. The molecule has 0 unspecified atom stereocenters. The van der Waals surface area contributed by atoms with Gasteiger partial charge in [-0.25, -0.2) is 13.1 Å². The predicted octanol–water partition coefficient (Wildman–Crippen LogP) is 3.03. The summed E-state index contributed by atoms with van der Waals surface area (Å²) in [6.45, 7) is 0.185. The van der Waals surface area contributed by atoms with Crippen molar-refractivity contribution in [2.75, 3.05) is 7.11 Å². The maximum absolute atomic E-state index is 12.7. The van der Waals surface area contributed by atoms with E-state index in [0.717, 1.165) is 5.56 Å². The first-order valence-electron chi connectivity index (χ1n) is 7.35. The van der Waals surface area contributed by atoms with Crippen LogP contribution in [0.2, 0.25) is 0 Å². The summed E-state index contributed by atoms with van der Waals surface area (Å²) < 4.78 is 33.2. The third-order valence-corrected chi connectivity index (χ3v) is 5.18. The van der Waals surface area contributed by atoms with Gasteiger partial charge in [-0.3, -0.25) is 0 Å². The Hall–Kier alpha value is -2.57. The molecule has 0 aliphatic carbocycles. The molecule has 0 aliphatic heterocycles. The summed E-state index contributed by atoms with van der Waals surface area (Å²) >= 11 is 0. The van der Waals surface area contributed by atoms with E-state index in [1.54, 1.807) is 24.3 Å². The Morgan fingerprint density at radius 2 is 1.71 bits per heavy atom. The van der Waals surface area contributed by atoms with Crippen LogP contribution in [0.1, 0.15) is 5.56 Å². The Morgan fingerprint density at radius 1 is 0.958 bits per heavy atom. The largest absolute Gasteiger partial charge is 0.507 e. The van der Waals surface area contributed by atoms with Gasteiger partial charge in [-0.1, -0.05) is 42.5 Å². The van der Waals surface area contributed by atoms with Gasteiger partial charge < -0.3 is 9.84 Å². The van der Waals surface area contributed by atoms with Crippen LogP contribution in [0.4, 0.5) is 0 Å². The number of nitrogens with one attached hydrogen (secondary N) is 1. The third kappa shape index (κ3) is 3.06. The van der Waals surface area contributed by atoms with Gasteiger partial charge in [0.15, 0.2) is 0 Å². The second-order valence-corrected chi connectivity index (χ2v) is 7.01. The van der Waals surface area contributed by atoms with Crippen LogP contribution >= 0.6 is 0 Å². The van der Waals surface area contributed by atoms with Crippen molar-refractivity contribution >= 4 is 20.8 Å². The summed E-state index contributed by atoms with van der Waals surface area (Å²) in [6.07, 6.45) is 0. The molecule has 0 fully saturated rings. The Labute approximate surface area is 140 Å².